The Hall–Kier alpha value is -5.61. The van der Waals surface area contributed by atoms with E-state index >= 15 is 0 Å². The fourth-order valence-electron chi connectivity index (χ4n) is 5.64. The molecule has 280 valence electrons. The number of carbonyl (C=O) groups is 4. The number of aromatic nitrogens is 1. The zero-order valence-electron chi connectivity index (χ0n) is 29.9. The SMILES string of the molecule is CC(=O)OC[C@H]1O[C@@H](n2c(-c3ccccc3)cs/c2=N\N=C\c2cc(=O)oc3ccc(OCC(C)C)cc23)[C@H](OC(C)=O)[C@@H](OC(C)=O)[C@@H]1OC(C)=O. The van der Waals surface area contributed by atoms with Gasteiger partial charge in [0.05, 0.1) is 18.5 Å². The van der Waals surface area contributed by atoms with Crippen molar-refractivity contribution in [1.82, 2.24) is 4.57 Å². The fraction of sp³-hybridized carbons (Fsp3) is 0.378. The Balaban J connectivity index is 1.67. The number of esters is 4. The lowest BCUT2D eigenvalue weighted by molar-refractivity contribution is -0.268. The summed E-state index contributed by atoms with van der Waals surface area (Å²) in [4.78, 5) is 61.9. The Kier molecular flexibility index (Phi) is 12.6. The van der Waals surface area contributed by atoms with Crippen molar-refractivity contribution in [2.45, 2.75) is 72.2 Å². The van der Waals surface area contributed by atoms with Crippen LogP contribution in [0.3, 0.4) is 0 Å². The third kappa shape index (κ3) is 9.84. The molecule has 1 aliphatic rings. The second-order valence-electron chi connectivity index (χ2n) is 12.5. The molecule has 53 heavy (non-hydrogen) atoms. The molecule has 0 amide bonds. The summed E-state index contributed by atoms with van der Waals surface area (Å²) in [6, 6.07) is 15.6. The minimum Gasteiger partial charge on any atom is -0.493 e. The maximum atomic E-state index is 12.6. The molecular formula is C37H39N3O12S. The van der Waals surface area contributed by atoms with Crippen LogP contribution in [-0.4, -0.2) is 72.3 Å². The van der Waals surface area contributed by atoms with E-state index in [4.69, 9.17) is 32.8 Å². The molecule has 2 aromatic heterocycles. The largest absolute Gasteiger partial charge is 0.493 e. The first-order valence-corrected chi connectivity index (χ1v) is 17.5. The summed E-state index contributed by atoms with van der Waals surface area (Å²) in [5.41, 5.74) is 1.40. The molecule has 1 fully saturated rings. The van der Waals surface area contributed by atoms with Gasteiger partial charge >= 0.3 is 29.5 Å². The van der Waals surface area contributed by atoms with Crippen molar-refractivity contribution in [1.29, 1.82) is 0 Å². The molecule has 0 aliphatic carbocycles. The third-order valence-corrected chi connectivity index (χ3v) is 8.53. The van der Waals surface area contributed by atoms with E-state index in [1.807, 2.05) is 44.2 Å². The van der Waals surface area contributed by atoms with Gasteiger partial charge in [0.25, 0.3) is 0 Å². The summed E-state index contributed by atoms with van der Waals surface area (Å²) in [5, 5.41) is 11.2. The van der Waals surface area contributed by atoms with Crippen LogP contribution >= 0.6 is 11.3 Å². The quantitative estimate of drug-likeness (QED) is 0.0649. The lowest BCUT2D eigenvalue weighted by Gasteiger charge is -2.45. The molecule has 5 atom stereocenters. The summed E-state index contributed by atoms with van der Waals surface area (Å²) in [6.07, 6.45) is -5.25. The van der Waals surface area contributed by atoms with E-state index in [1.165, 1.54) is 37.5 Å². The number of fused-ring (bicyclic) bond motifs is 1. The number of nitrogens with zero attached hydrogens (tertiary/aromatic N) is 3. The summed E-state index contributed by atoms with van der Waals surface area (Å²) >= 11 is 1.17. The van der Waals surface area contributed by atoms with E-state index in [0.717, 1.165) is 13.8 Å². The van der Waals surface area contributed by atoms with Gasteiger partial charge in [0.15, 0.2) is 24.5 Å². The average Bonchev–Trinajstić information content (AvgIpc) is 3.51. The van der Waals surface area contributed by atoms with Crippen molar-refractivity contribution in [2.24, 2.45) is 16.1 Å². The highest BCUT2D eigenvalue weighted by Crippen LogP contribution is 2.37. The summed E-state index contributed by atoms with van der Waals surface area (Å²) < 4.78 is 41.6. The Morgan fingerprint density at radius 2 is 1.57 bits per heavy atom. The summed E-state index contributed by atoms with van der Waals surface area (Å²) in [6.45, 7) is 8.80. The Bertz CT molecular complexity index is 2120. The molecule has 0 unspecified atom stereocenters. The zero-order valence-corrected chi connectivity index (χ0v) is 30.7. The molecule has 2 aromatic carbocycles. The fourth-order valence-corrected chi connectivity index (χ4v) is 6.52. The minimum atomic E-state index is -1.41. The predicted molar refractivity (Wildman–Crippen MR) is 191 cm³/mol. The van der Waals surface area contributed by atoms with Crippen molar-refractivity contribution in [3.63, 3.8) is 0 Å². The Morgan fingerprint density at radius 3 is 2.23 bits per heavy atom. The topological polar surface area (TPSA) is 184 Å². The van der Waals surface area contributed by atoms with Gasteiger partial charge in [-0.2, -0.15) is 5.10 Å². The van der Waals surface area contributed by atoms with Crippen LogP contribution in [-0.2, 0) is 42.9 Å². The molecule has 0 spiro atoms. The Labute approximate surface area is 307 Å². The Morgan fingerprint density at radius 1 is 0.887 bits per heavy atom. The number of ether oxygens (including phenoxy) is 6. The number of rotatable bonds is 12. The maximum absolute atomic E-state index is 12.6. The van der Waals surface area contributed by atoms with Gasteiger partial charge in [-0.25, -0.2) is 4.79 Å². The molecule has 1 saturated heterocycles. The first kappa shape index (κ1) is 38.6. The molecule has 4 aromatic rings. The highest BCUT2D eigenvalue weighted by Gasteiger charge is 2.53. The average molecular weight is 750 g/mol. The standard InChI is InChI=1S/C37H39N3O12S/c1-20(2)17-47-27-12-13-30-28(15-27)26(14-32(45)51-30)16-38-39-37-40(29(19-53-37)25-10-8-7-9-11-25)36-35(50-24(6)44)34(49-23(5)43)33(48-22(4)42)31(52-36)18-46-21(3)41/h7-16,19-20,31,33-36H,17-18H2,1-6H3/b38-16+,39-37-/t31-,33-,34+,35-,36-/m1/s1. The van der Waals surface area contributed by atoms with Gasteiger partial charge in [0, 0.05) is 50.1 Å². The van der Waals surface area contributed by atoms with Crippen LogP contribution in [0.5, 0.6) is 5.75 Å². The number of benzene rings is 2. The molecule has 1 aliphatic heterocycles. The van der Waals surface area contributed by atoms with Gasteiger partial charge in [-0.05, 0) is 29.7 Å². The van der Waals surface area contributed by atoms with Crippen molar-refractivity contribution in [3.8, 4) is 17.0 Å². The van der Waals surface area contributed by atoms with Crippen molar-refractivity contribution in [2.75, 3.05) is 13.2 Å². The van der Waals surface area contributed by atoms with E-state index < -0.39 is 66.8 Å². The van der Waals surface area contributed by atoms with E-state index in [2.05, 4.69) is 10.2 Å². The normalized spacial score (nSPS) is 20.4. The smallest absolute Gasteiger partial charge is 0.336 e. The molecule has 0 radical (unpaired) electrons. The van der Waals surface area contributed by atoms with Gasteiger partial charge < -0.3 is 32.8 Å². The van der Waals surface area contributed by atoms with Gasteiger partial charge in [-0.3, -0.25) is 23.7 Å². The molecular weight excluding hydrogens is 710 g/mol. The number of thiazole rings is 1. The monoisotopic (exact) mass is 749 g/mol. The first-order chi connectivity index (χ1) is 25.3. The molecule has 0 bridgehead atoms. The van der Waals surface area contributed by atoms with Gasteiger partial charge in [0.1, 0.15) is 24.0 Å². The second kappa shape index (κ2) is 17.3. The molecule has 0 N–H and O–H groups in total. The van der Waals surface area contributed by atoms with Crippen molar-refractivity contribution < 1.29 is 52.0 Å². The number of carbonyl (C=O) groups excluding carboxylic acids is 4. The van der Waals surface area contributed by atoms with Crippen molar-refractivity contribution >= 4 is 52.4 Å². The van der Waals surface area contributed by atoms with E-state index in [0.29, 0.717) is 46.1 Å². The van der Waals surface area contributed by atoms with Crippen LogP contribution in [0.25, 0.3) is 22.2 Å². The van der Waals surface area contributed by atoms with Crippen molar-refractivity contribution in [3.05, 3.63) is 80.8 Å². The van der Waals surface area contributed by atoms with E-state index in [-0.39, 0.29) is 4.80 Å². The predicted octanol–water partition coefficient (Wildman–Crippen LogP) is 4.55. The molecule has 5 rings (SSSR count). The highest BCUT2D eigenvalue weighted by molar-refractivity contribution is 7.07. The maximum Gasteiger partial charge on any atom is 0.336 e. The van der Waals surface area contributed by atoms with Crippen LogP contribution in [0.4, 0.5) is 0 Å². The third-order valence-electron chi connectivity index (χ3n) is 7.70. The van der Waals surface area contributed by atoms with Crippen LogP contribution in [0, 0.1) is 5.92 Å². The summed E-state index contributed by atoms with van der Waals surface area (Å²) in [7, 11) is 0. The van der Waals surface area contributed by atoms with E-state index in [1.54, 1.807) is 28.1 Å². The first-order valence-electron chi connectivity index (χ1n) is 16.6. The van der Waals surface area contributed by atoms with Gasteiger partial charge in [-0.15, -0.1) is 16.4 Å². The van der Waals surface area contributed by atoms with Crippen LogP contribution < -0.4 is 15.2 Å². The second-order valence-corrected chi connectivity index (χ2v) is 13.3. The molecule has 16 heteroatoms. The number of hydrogen-bond donors (Lipinski definition) is 0. The lowest BCUT2D eigenvalue weighted by Crippen LogP contribution is -2.61. The molecule has 15 nitrogen and oxygen atoms in total. The molecule has 0 saturated carbocycles. The van der Waals surface area contributed by atoms with Crippen LogP contribution in [0.2, 0.25) is 0 Å². The highest BCUT2D eigenvalue weighted by atomic mass is 32.1. The lowest BCUT2D eigenvalue weighted by atomic mass is 9.96. The summed E-state index contributed by atoms with van der Waals surface area (Å²) in [5.74, 6) is -2.03. The zero-order chi connectivity index (χ0) is 38.2. The van der Waals surface area contributed by atoms with Gasteiger partial charge in [0.2, 0.25) is 4.80 Å². The van der Waals surface area contributed by atoms with E-state index in [9.17, 15) is 24.0 Å². The van der Waals surface area contributed by atoms with Gasteiger partial charge in [-0.1, -0.05) is 44.2 Å². The number of hydrogen-bond acceptors (Lipinski definition) is 15. The van der Waals surface area contributed by atoms with Crippen LogP contribution in [0.15, 0.2) is 79.4 Å². The molecule has 3 heterocycles. The van der Waals surface area contributed by atoms with Crippen LogP contribution in [0.1, 0.15) is 53.3 Å². The minimum absolute atomic E-state index is 0.231.